The van der Waals surface area contributed by atoms with Crippen LogP contribution in [0.2, 0.25) is 0 Å². The summed E-state index contributed by atoms with van der Waals surface area (Å²) in [7, 11) is 0. The highest BCUT2D eigenvalue weighted by atomic mass is 19.4. The van der Waals surface area contributed by atoms with E-state index in [1.54, 1.807) is 6.92 Å². The smallest absolute Gasteiger partial charge is 0.393 e. The third-order valence-corrected chi connectivity index (χ3v) is 3.00. The fourth-order valence-corrected chi connectivity index (χ4v) is 1.76. The summed E-state index contributed by atoms with van der Waals surface area (Å²) in [6.07, 6.45) is -4.76. The van der Waals surface area contributed by atoms with Gasteiger partial charge in [0.05, 0.1) is 12.3 Å². The number of aromatic nitrogens is 2. The first kappa shape index (κ1) is 19.4. The third-order valence-electron chi connectivity index (χ3n) is 3.00. The molecule has 0 radical (unpaired) electrons. The molecule has 0 spiro atoms. The number of oxime groups is 1. The van der Waals surface area contributed by atoms with E-state index in [9.17, 15) is 18.0 Å². The number of nitrogens with one attached hydrogen (secondary N) is 1. The Morgan fingerprint density at radius 1 is 1.31 bits per heavy atom. The van der Waals surface area contributed by atoms with Gasteiger partial charge in [-0.25, -0.2) is 0 Å². The van der Waals surface area contributed by atoms with Crippen LogP contribution in [0, 0.1) is 0 Å². The molecule has 140 valence electrons. The number of carbonyl (C=O) groups is 1. The summed E-state index contributed by atoms with van der Waals surface area (Å²) in [5.41, 5.74) is 1.21. The third kappa shape index (κ3) is 5.30. The van der Waals surface area contributed by atoms with Crippen molar-refractivity contribution >= 4 is 11.6 Å². The van der Waals surface area contributed by atoms with Gasteiger partial charge in [0.2, 0.25) is 5.82 Å². The summed E-state index contributed by atoms with van der Waals surface area (Å²) in [5.74, 6) is -1.99. The van der Waals surface area contributed by atoms with E-state index >= 15 is 0 Å². The van der Waals surface area contributed by atoms with Gasteiger partial charge in [-0.15, -0.1) is 0 Å². The molecule has 0 saturated heterocycles. The maximum absolute atomic E-state index is 12.5. The Bertz CT molecular complexity index is 783. The monoisotopic (exact) mass is 370 g/mol. The highest BCUT2D eigenvalue weighted by molar-refractivity contribution is 5.97. The lowest BCUT2D eigenvalue weighted by Gasteiger charge is -2.07. The summed E-state index contributed by atoms with van der Waals surface area (Å²) in [4.78, 5) is 20.4. The predicted octanol–water partition coefficient (Wildman–Crippen LogP) is 3.29. The van der Waals surface area contributed by atoms with E-state index in [2.05, 4.69) is 25.1 Å². The molecule has 7 nitrogen and oxygen atoms in total. The fraction of sp³-hybridized carbons (Fsp3) is 0.375. The van der Waals surface area contributed by atoms with Crippen molar-refractivity contribution in [1.29, 1.82) is 0 Å². The molecular weight excluding hydrogens is 353 g/mol. The van der Waals surface area contributed by atoms with Gasteiger partial charge in [-0.1, -0.05) is 22.4 Å². The minimum atomic E-state index is -4.70. The van der Waals surface area contributed by atoms with Crippen molar-refractivity contribution in [3.8, 4) is 11.4 Å². The molecule has 0 aliphatic heterocycles. The molecule has 10 heteroatoms. The quantitative estimate of drug-likeness (QED) is 0.623. The van der Waals surface area contributed by atoms with Crippen LogP contribution in [0.25, 0.3) is 11.4 Å². The second kappa shape index (κ2) is 7.98. The lowest BCUT2D eigenvalue weighted by atomic mass is 10.1. The van der Waals surface area contributed by atoms with E-state index in [4.69, 9.17) is 4.84 Å². The Balaban J connectivity index is 1.99. The molecule has 0 fully saturated rings. The number of nitrogens with zero attached hydrogens (tertiary/aromatic N) is 3. The minimum absolute atomic E-state index is 0.0591. The number of alkyl halides is 3. The lowest BCUT2D eigenvalue weighted by Crippen LogP contribution is -2.28. The first-order valence-corrected chi connectivity index (χ1v) is 7.65. The first-order chi connectivity index (χ1) is 12.2. The second-order valence-corrected chi connectivity index (χ2v) is 5.66. The van der Waals surface area contributed by atoms with E-state index < -0.39 is 12.1 Å². The number of amides is 1. The molecule has 26 heavy (non-hydrogen) atoms. The summed E-state index contributed by atoms with van der Waals surface area (Å²) >= 11 is 0. The topological polar surface area (TPSA) is 89.6 Å². The van der Waals surface area contributed by atoms with Crippen molar-refractivity contribution in [3.63, 3.8) is 0 Å². The Morgan fingerprint density at radius 3 is 2.50 bits per heavy atom. The summed E-state index contributed by atoms with van der Waals surface area (Å²) in [6, 6.07) is 5.77. The largest absolute Gasteiger partial charge is 0.471 e. The molecule has 2 rings (SSSR count). The lowest BCUT2D eigenvalue weighted by molar-refractivity contribution is -0.159. The molecular formula is C16H17F3N4O3. The van der Waals surface area contributed by atoms with Crippen molar-refractivity contribution in [2.75, 3.05) is 6.54 Å². The molecule has 0 atom stereocenters. The summed E-state index contributed by atoms with van der Waals surface area (Å²) < 4.78 is 41.6. The Kier molecular flexibility index (Phi) is 5.96. The first-order valence-electron chi connectivity index (χ1n) is 7.65. The SMILES string of the molecule is C/C(CNC(=O)c1ccc(-c2noc(C(F)(F)F)n2)cc1)=N\OC(C)C. The van der Waals surface area contributed by atoms with Crippen LogP contribution in [0.15, 0.2) is 33.9 Å². The number of benzene rings is 1. The summed E-state index contributed by atoms with van der Waals surface area (Å²) in [6.45, 7) is 5.57. The van der Waals surface area contributed by atoms with Crippen molar-refractivity contribution in [2.24, 2.45) is 5.16 Å². The van der Waals surface area contributed by atoms with E-state index in [0.29, 0.717) is 16.8 Å². The van der Waals surface area contributed by atoms with E-state index in [-0.39, 0.29) is 24.4 Å². The molecule has 0 bridgehead atoms. The average Bonchev–Trinajstić information content (AvgIpc) is 3.08. The molecule has 0 aliphatic carbocycles. The van der Waals surface area contributed by atoms with Gasteiger partial charge in [-0.3, -0.25) is 4.79 Å². The highest BCUT2D eigenvalue weighted by Gasteiger charge is 2.38. The van der Waals surface area contributed by atoms with E-state index in [1.807, 2.05) is 13.8 Å². The minimum Gasteiger partial charge on any atom is -0.393 e. The van der Waals surface area contributed by atoms with Crippen LogP contribution in [-0.2, 0) is 11.0 Å². The van der Waals surface area contributed by atoms with Crippen LogP contribution in [0.4, 0.5) is 13.2 Å². The maximum Gasteiger partial charge on any atom is 0.471 e. The zero-order valence-electron chi connectivity index (χ0n) is 14.3. The van der Waals surface area contributed by atoms with Crippen molar-refractivity contribution < 1.29 is 27.3 Å². The van der Waals surface area contributed by atoms with Gasteiger partial charge in [0, 0.05) is 11.1 Å². The van der Waals surface area contributed by atoms with Gasteiger partial charge in [-0.2, -0.15) is 18.2 Å². The molecule has 1 amide bonds. The van der Waals surface area contributed by atoms with Crippen molar-refractivity contribution in [3.05, 3.63) is 35.7 Å². The Morgan fingerprint density at radius 2 is 1.96 bits per heavy atom. The van der Waals surface area contributed by atoms with Gasteiger partial charge in [-0.05, 0) is 32.9 Å². The maximum atomic E-state index is 12.5. The molecule has 0 saturated carbocycles. The number of carbonyl (C=O) groups excluding carboxylic acids is 1. The number of rotatable bonds is 6. The Labute approximate surface area is 147 Å². The number of hydrogen-bond donors (Lipinski definition) is 1. The molecule has 0 aliphatic rings. The number of halogens is 3. The van der Waals surface area contributed by atoms with E-state index in [0.717, 1.165) is 0 Å². The molecule has 1 aromatic heterocycles. The van der Waals surface area contributed by atoms with Gasteiger partial charge < -0.3 is 14.7 Å². The Hall–Kier alpha value is -2.91. The van der Waals surface area contributed by atoms with E-state index in [1.165, 1.54) is 24.3 Å². The van der Waals surface area contributed by atoms with Gasteiger partial charge >= 0.3 is 12.1 Å². The molecule has 2 aromatic rings. The standard InChI is InChI=1S/C16H17F3N4O3/c1-9(2)25-22-10(3)8-20-14(24)12-6-4-11(5-7-12)13-21-15(26-23-13)16(17,18)19/h4-7,9H,8H2,1-3H3,(H,20,24)/b22-10+. The van der Waals surface area contributed by atoms with Crippen LogP contribution >= 0.6 is 0 Å². The second-order valence-electron chi connectivity index (χ2n) is 5.66. The van der Waals surface area contributed by atoms with Gasteiger partial charge in [0.25, 0.3) is 5.91 Å². The zero-order chi connectivity index (χ0) is 19.3. The molecule has 0 unspecified atom stereocenters. The van der Waals surface area contributed by atoms with Gasteiger partial charge in [0.1, 0.15) is 6.10 Å². The normalized spacial score (nSPS) is 12.3. The highest BCUT2D eigenvalue weighted by Crippen LogP contribution is 2.29. The molecule has 1 heterocycles. The van der Waals surface area contributed by atoms with Crippen LogP contribution in [0.1, 0.15) is 37.0 Å². The molecule has 1 aromatic carbocycles. The van der Waals surface area contributed by atoms with Crippen molar-refractivity contribution in [1.82, 2.24) is 15.5 Å². The average molecular weight is 370 g/mol. The zero-order valence-corrected chi connectivity index (χ0v) is 14.3. The number of hydrogen-bond acceptors (Lipinski definition) is 6. The van der Waals surface area contributed by atoms with Crippen LogP contribution in [0.5, 0.6) is 0 Å². The summed E-state index contributed by atoms with van der Waals surface area (Å²) in [5, 5.41) is 9.79. The van der Waals surface area contributed by atoms with Crippen LogP contribution in [-0.4, -0.2) is 34.4 Å². The van der Waals surface area contributed by atoms with Gasteiger partial charge in [0.15, 0.2) is 0 Å². The van der Waals surface area contributed by atoms with Crippen LogP contribution in [0.3, 0.4) is 0 Å². The molecule has 1 N–H and O–H groups in total. The van der Waals surface area contributed by atoms with Crippen molar-refractivity contribution in [2.45, 2.75) is 33.1 Å². The predicted molar refractivity (Wildman–Crippen MR) is 86.4 cm³/mol. The van der Waals surface area contributed by atoms with Crippen LogP contribution < -0.4 is 5.32 Å². The fourth-order valence-electron chi connectivity index (χ4n) is 1.76.